The highest BCUT2D eigenvalue weighted by molar-refractivity contribution is 5.47. The number of ether oxygens (including phenoxy) is 1. The number of piperidine rings is 1. The van der Waals surface area contributed by atoms with Gasteiger partial charge in [0.05, 0.1) is 18.5 Å². The number of anilines is 1. The molecule has 1 atom stereocenters. The van der Waals surface area contributed by atoms with Crippen LogP contribution in [0.15, 0.2) is 6.07 Å². The number of rotatable bonds is 3. The van der Waals surface area contributed by atoms with Crippen molar-refractivity contribution in [2.75, 3.05) is 25.9 Å². The standard InChI is InChI=1S/C11H18N4O/c1-16-11-10(12)6-9(14-15-11)5-8-3-2-4-13-7-8/h6,8,13H,2-5,7H2,1H3,(H2,12,14). The lowest BCUT2D eigenvalue weighted by Gasteiger charge is -2.22. The van der Waals surface area contributed by atoms with Gasteiger partial charge in [-0.15, -0.1) is 5.10 Å². The van der Waals surface area contributed by atoms with Gasteiger partial charge in [0.15, 0.2) is 0 Å². The molecular weight excluding hydrogens is 204 g/mol. The lowest BCUT2D eigenvalue weighted by molar-refractivity contribution is 0.369. The van der Waals surface area contributed by atoms with E-state index in [1.165, 1.54) is 12.8 Å². The average molecular weight is 222 g/mol. The van der Waals surface area contributed by atoms with E-state index in [-0.39, 0.29) is 0 Å². The summed E-state index contributed by atoms with van der Waals surface area (Å²) < 4.78 is 4.98. The molecule has 0 aliphatic carbocycles. The van der Waals surface area contributed by atoms with E-state index in [9.17, 15) is 0 Å². The van der Waals surface area contributed by atoms with Crippen LogP contribution >= 0.6 is 0 Å². The summed E-state index contributed by atoms with van der Waals surface area (Å²) in [5.41, 5.74) is 7.31. The van der Waals surface area contributed by atoms with Crippen molar-refractivity contribution in [1.82, 2.24) is 15.5 Å². The predicted molar refractivity (Wildman–Crippen MR) is 62.3 cm³/mol. The first-order chi connectivity index (χ1) is 7.79. The van der Waals surface area contributed by atoms with Crippen molar-refractivity contribution in [1.29, 1.82) is 0 Å². The van der Waals surface area contributed by atoms with Crippen LogP contribution in [0.1, 0.15) is 18.5 Å². The van der Waals surface area contributed by atoms with Crippen molar-refractivity contribution >= 4 is 5.69 Å². The Balaban J connectivity index is 2.01. The summed E-state index contributed by atoms with van der Waals surface area (Å²) >= 11 is 0. The zero-order valence-corrected chi connectivity index (χ0v) is 9.57. The van der Waals surface area contributed by atoms with Crippen LogP contribution in [-0.4, -0.2) is 30.4 Å². The third-order valence-electron chi connectivity index (χ3n) is 2.93. The Morgan fingerprint density at radius 1 is 1.56 bits per heavy atom. The number of hydrogen-bond acceptors (Lipinski definition) is 5. The highest BCUT2D eigenvalue weighted by atomic mass is 16.5. The third kappa shape index (κ3) is 2.61. The lowest BCUT2D eigenvalue weighted by Crippen LogP contribution is -2.31. The number of nitrogens with one attached hydrogen (secondary N) is 1. The van der Waals surface area contributed by atoms with Crippen LogP contribution in [0.2, 0.25) is 0 Å². The summed E-state index contributed by atoms with van der Waals surface area (Å²) in [4.78, 5) is 0. The molecule has 1 aliphatic heterocycles. The number of hydrogen-bond donors (Lipinski definition) is 2. The Labute approximate surface area is 95.4 Å². The van der Waals surface area contributed by atoms with Gasteiger partial charge < -0.3 is 15.8 Å². The normalized spacial score (nSPS) is 20.7. The maximum Gasteiger partial charge on any atom is 0.256 e. The first kappa shape index (κ1) is 11.1. The third-order valence-corrected chi connectivity index (χ3v) is 2.93. The SMILES string of the molecule is COc1nnc(CC2CCCNC2)cc1N. The Bertz CT molecular complexity index is 350. The Kier molecular flexibility index (Phi) is 3.56. The summed E-state index contributed by atoms with van der Waals surface area (Å²) in [6, 6.07) is 1.86. The smallest absolute Gasteiger partial charge is 0.256 e. The van der Waals surface area contributed by atoms with E-state index in [2.05, 4.69) is 15.5 Å². The number of nitrogen functional groups attached to an aromatic ring is 1. The van der Waals surface area contributed by atoms with Gasteiger partial charge in [0.25, 0.3) is 5.88 Å². The van der Waals surface area contributed by atoms with Gasteiger partial charge in [0, 0.05) is 0 Å². The lowest BCUT2D eigenvalue weighted by atomic mass is 9.94. The maximum atomic E-state index is 5.79. The van der Waals surface area contributed by atoms with Crippen molar-refractivity contribution in [3.63, 3.8) is 0 Å². The van der Waals surface area contributed by atoms with E-state index in [1.807, 2.05) is 6.07 Å². The number of nitrogens with zero attached hydrogens (tertiary/aromatic N) is 2. The van der Waals surface area contributed by atoms with Crippen LogP contribution in [0.3, 0.4) is 0 Å². The predicted octanol–water partition coefficient (Wildman–Crippen LogP) is 0.609. The van der Waals surface area contributed by atoms with Crippen LogP contribution in [0.4, 0.5) is 5.69 Å². The van der Waals surface area contributed by atoms with E-state index in [0.29, 0.717) is 17.5 Å². The molecule has 0 bridgehead atoms. The van der Waals surface area contributed by atoms with Crippen molar-refractivity contribution < 1.29 is 4.74 Å². The fourth-order valence-corrected chi connectivity index (χ4v) is 2.09. The maximum absolute atomic E-state index is 5.79. The summed E-state index contributed by atoms with van der Waals surface area (Å²) in [5.74, 6) is 1.06. The summed E-state index contributed by atoms with van der Waals surface area (Å²) in [7, 11) is 1.55. The number of nitrogens with two attached hydrogens (primary N) is 1. The minimum Gasteiger partial charge on any atom is -0.478 e. The molecule has 88 valence electrons. The molecular formula is C11H18N4O. The van der Waals surface area contributed by atoms with Gasteiger partial charge in [-0.25, -0.2) is 0 Å². The van der Waals surface area contributed by atoms with Crippen molar-refractivity contribution in [3.8, 4) is 5.88 Å². The topological polar surface area (TPSA) is 73.1 Å². The van der Waals surface area contributed by atoms with Crippen LogP contribution < -0.4 is 15.8 Å². The van der Waals surface area contributed by atoms with Crippen molar-refractivity contribution in [2.45, 2.75) is 19.3 Å². The Morgan fingerprint density at radius 2 is 2.44 bits per heavy atom. The van der Waals surface area contributed by atoms with Gasteiger partial charge in [0.1, 0.15) is 0 Å². The molecule has 5 nitrogen and oxygen atoms in total. The van der Waals surface area contributed by atoms with Crippen LogP contribution in [0.25, 0.3) is 0 Å². The zero-order valence-electron chi connectivity index (χ0n) is 9.57. The summed E-state index contributed by atoms with van der Waals surface area (Å²) in [6.07, 6.45) is 3.43. The van der Waals surface area contributed by atoms with Gasteiger partial charge in [-0.2, -0.15) is 5.10 Å². The number of aromatic nitrogens is 2. The molecule has 3 N–H and O–H groups in total. The summed E-state index contributed by atoms with van der Waals surface area (Å²) in [5, 5.41) is 11.5. The summed E-state index contributed by atoms with van der Waals surface area (Å²) in [6.45, 7) is 2.19. The largest absolute Gasteiger partial charge is 0.478 e. The van der Waals surface area contributed by atoms with Crippen LogP contribution in [0, 0.1) is 5.92 Å². The highest BCUT2D eigenvalue weighted by Gasteiger charge is 2.15. The van der Waals surface area contributed by atoms with Gasteiger partial charge >= 0.3 is 0 Å². The van der Waals surface area contributed by atoms with Gasteiger partial charge in [-0.3, -0.25) is 0 Å². The minimum absolute atomic E-state index is 0.408. The second-order valence-electron chi connectivity index (χ2n) is 4.22. The molecule has 1 aliphatic rings. The molecule has 0 radical (unpaired) electrons. The molecule has 0 saturated carbocycles. The second kappa shape index (κ2) is 5.12. The zero-order chi connectivity index (χ0) is 11.4. The molecule has 5 heteroatoms. The molecule has 1 aromatic heterocycles. The average Bonchev–Trinajstić information content (AvgIpc) is 2.31. The Morgan fingerprint density at radius 3 is 3.06 bits per heavy atom. The quantitative estimate of drug-likeness (QED) is 0.784. The fourth-order valence-electron chi connectivity index (χ4n) is 2.09. The molecule has 2 rings (SSSR count). The molecule has 0 amide bonds. The van der Waals surface area contributed by atoms with Gasteiger partial charge in [0.2, 0.25) is 0 Å². The van der Waals surface area contributed by atoms with Crippen molar-refractivity contribution in [3.05, 3.63) is 11.8 Å². The van der Waals surface area contributed by atoms with Crippen LogP contribution in [0.5, 0.6) is 5.88 Å². The van der Waals surface area contributed by atoms with E-state index < -0.39 is 0 Å². The fraction of sp³-hybridized carbons (Fsp3) is 0.636. The molecule has 0 spiro atoms. The van der Waals surface area contributed by atoms with Gasteiger partial charge in [-0.05, 0) is 44.3 Å². The van der Waals surface area contributed by atoms with Gasteiger partial charge in [-0.1, -0.05) is 0 Å². The highest BCUT2D eigenvalue weighted by Crippen LogP contribution is 2.20. The van der Waals surface area contributed by atoms with E-state index in [4.69, 9.17) is 10.5 Å². The molecule has 0 aromatic carbocycles. The first-order valence-electron chi connectivity index (χ1n) is 5.66. The molecule has 1 aromatic rings. The van der Waals surface area contributed by atoms with E-state index in [1.54, 1.807) is 7.11 Å². The minimum atomic E-state index is 0.408. The Hall–Kier alpha value is -1.36. The van der Waals surface area contributed by atoms with Crippen LogP contribution in [-0.2, 0) is 6.42 Å². The van der Waals surface area contributed by atoms with Crippen molar-refractivity contribution in [2.24, 2.45) is 5.92 Å². The monoisotopic (exact) mass is 222 g/mol. The first-order valence-corrected chi connectivity index (χ1v) is 5.66. The van der Waals surface area contributed by atoms with E-state index >= 15 is 0 Å². The molecule has 2 heterocycles. The molecule has 1 unspecified atom stereocenters. The molecule has 16 heavy (non-hydrogen) atoms. The molecule has 1 fully saturated rings. The molecule has 1 saturated heterocycles. The second-order valence-corrected chi connectivity index (χ2v) is 4.22. The number of methoxy groups -OCH3 is 1. The van der Waals surface area contributed by atoms with E-state index in [0.717, 1.165) is 25.2 Å².